The fourth-order valence-electron chi connectivity index (χ4n) is 5.72. The van der Waals surface area contributed by atoms with E-state index >= 15 is 0 Å². The quantitative estimate of drug-likeness (QED) is 0.841. The maximum Gasteiger partial charge on any atom is 0.264 e. The molecule has 27 heavy (non-hydrogen) atoms. The number of hydrogen-bond acceptors (Lipinski definition) is 5. The van der Waals surface area contributed by atoms with Crippen LogP contribution in [0, 0.1) is 11.8 Å². The molecule has 3 fully saturated rings. The number of ether oxygens (including phenoxy) is 1. The van der Waals surface area contributed by atoms with Crippen LogP contribution in [0.2, 0.25) is 0 Å². The molecule has 2 aliphatic carbocycles. The first kappa shape index (κ1) is 18.1. The average molecular weight is 391 g/mol. The van der Waals surface area contributed by atoms with Crippen LogP contribution in [0.4, 0.5) is 0 Å². The molecule has 0 spiro atoms. The monoisotopic (exact) mass is 390 g/mol. The molecule has 4 atom stereocenters. The molecular formula is C21H30N2O3S. The molecule has 0 aromatic carbocycles. The zero-order valence-electron chi connectivity index (χ0n) is 15.9. The molecule has 0 radical (unpaired) electrons. The van der Waals surface area contributed by atoms with E-state index in [4.69, 9.17) is 4.74 Å². The summed E-state index contributed by atoms with van der Waals surface area (Å²) in [5.41, 5.74) is 2.74. The zero-order chi connectivity index (χ0) is 18.4. The number of morpholine rings is 1. The van der Waals surface area contributed by atoms with Crippen molar-refractivity contribution < 1.29 is 14.6 Å². The normalized spacial score (nSPS) is 34.3. The third-order valence-electron chi connectivity index (χ3n) is 7.21. The number of fused-ring (bicyclic) bond motifs is 2. The first-order valence-electron chi connectivity index (χ1n) is 10.6. The minimum atomic E-state index is -0.270. The highest BCUT2D eigenvalue weighted by Gasteiger charge is 2.45. The van der Waals surface area contributed by atoms with Crippen LogP contribution in [0.15, 0.2) is 5.38 Å². The highest BCUT2D eigenvalue weighted by Crippen LogP contribution is 2.40. The van der Waals surface area contributed by atoms with E-state index in [1.165, 1.54) is 24.0 Å². The van der Waals surface area contributed by atoms with Gasteiger partial charge in [0.2, 0.25) is 0 Å². The van der Waals surface area contributed by atoms with E-state index in [1.54, 1.807) is 11.3 Å². The second kappa shape index (κ2) is 7.47. The van der Waals surface area contributed by atoms with Crippen molar-refractivity contribution in [1.82, 2.24) is 9.80 Å². The summed E-state index contributed by atoms with van der Waals surface area (Å²) in [6.45, 7) is 5.07. The SMILES string of the molecule is O=C(c1scc2c1CCCC2)N1C[C@H]2C[C@@H](N3CCOCC3)[C@H](O)C[C@H]2C1. The van der Waals surface area contributed by atoms with Gasteiger partial charge >= 0.3 is 0 Å². The van der Waals surface area contributed by atoms with E-state index in [0.29, 0.717) is 11.8 Å². The number of amides is 1. The Morgan fingerprint density at radius 3 is 2.67 bits per heavy atom. The Hall–Kier alpha value is -0.950. The number of hydrogen-bond donors (Lipinski definition) is 1. The standard InChI is InChI=1S/C21H30N2O3S/c24-19-10-16-12-23(11-15(16)9-18(19)22-5-7-26-8-6-22)21(25)20-17-4-2-1-3-14(17)13-27-20/h13,15-16,18-19,24H,1-12H2/t15-,16+,18-,19-/m1/s1. The van der Waals surface area contributed by atoms with Gasteiger partial charge in [-0.3, -0.25) is 9.69 Å². The molecule has 1 aromatic heterocycles. The maximum absolute atomic E-state index is 13.2. The number of carbonyl (C=O) groups excluding carboxylic acids is 1. The van der Waals surface area contributed by atoms with Crippen molar-refractivity contribution in [2.24, 2.45) is 11.8 Å². The lowest BCUT2D eigenvalue weighted by Crippen LogP contribution is -2.53. The van der Waals surface area contributed by atoms with E-state index in [1.807, 2.05) is 0 Å². The van der Waals surface area contributed by atoms with Crippen LogP contribution < -0.4 is 0 Å². The van der Waals surface area contributed by atoms with Gasteiger partial charge in [0.25, 0.3) is 5.91 Å². The molecule has 3 heterocycles. The van der Waals surface area contributed by atoms with Gasteiger partial charge in [0.15, 0.2) is 0 Å². The average Bonchev–Trinajstić information content (AvgIpc) is 3.31. The van der Waals surface area contributed by atoms with Gasteiger partial charge in [-0.25, -0.2) is 0 Å². The van der Waals surface area contributed by atoms with Crippen molar-refractivity contribution in [2.75, 3.05) is 39.4 Å². The van der Waals surface area contributed by atoms with Gasteiger partial charge in [-0.15, -0.1) is 11.3 Å². The molecule has 2 saturated heterocycles. The van der Waals surface area contributed by atoms with Crippen LogP contribution in [0.5, 0.6) is 0 Å². The molecule has 0 unspecified atom stereocenters. The zero-order valence-corrected chi connectivity index (χ0v) is 16.8. The molecule has 1 saturated carbocycles. The number of rotatable bonds is 2. The predicted octanol–water partition coefficient (Wildman–Crippen LogP) is 2.17. The summed E-state index contributed by atoms with van der Waals surface area (Å²) in [4.78, 5) is 18.7. The number of aliphatic hydroxyl groups excluding tert-OH is 1. The third-order valence-corrected chi connectivity index (χ3v) is 8.27. The molecule has 1 amide bonds. The van der Waals surface area contributed by atoms with E-state index in [2.05, 4.69) is 15.2 Å². The molecule has 5 nitrogen and oxygen atoms in total. The van der Waals surface area contributed by atoms with Gasteiger partial charge < -0.3 is 14.7 Å². The van der Waals surface area contributed by atoms with Crippen LogP contribution in [0.1, 0.15) is 46.5 Å². The Kier molecular flexibility index (Phi) is 5.01. The molecule has 4 aliphatic rings. The van der Waals surface area contributed by atoms with Gasteiger partial charge in [0.1, 0.15) is 0 Å². The second-order valence-corrected chi connectivity index (χ2v) is 9.64. The van der Waals surface area contributed by atoms with Crippen molar-refractivity contribution in [1.29, 1.82) is 0 Å². The molecule has 1 N–H and O–H groups in total. The van der Waals surface area contributed by atoms with E-state index in [9.17, 15) is 9.90 Å². The summed E-state index contributed by atoms with van der Waals surface area (Å²) in [6.07, 6.45) is 6.25. The molecule has 148 valence electrons. The molecule has 2 aliphatic heterocycles. The number of aliphatic hydroxyl groups is 1. The highest BCUT2D eigenvalue weighted by molar-refractivity contribution is 7.12. The molecule has 5 rings (SSSR count). The summed E-state index contributed by atoms with van der Waals surface area (Å²) in [5, 5.41) is 13.0. The highest BCUT2D eigenvalue weighted by atomic mass is 32.1. The lowest BCUT2D eigenvalue weighted by Gasteiger charge is -2.43. The van der Waals surface area contributed by atoms with Crippen molar-refractivity contribution >= 4 is 17.2 Å². The minimum absolute atomic E-state index is 0.236. The van der Waals surface area contributed by atoms with Gasteiger partial charge in [-0.05, 0) is 66.9 Å². The van der Waals surface area contributed by atoms with Crippen LogP contribution in [-0.2, 0) is 17.6 Å². The summed E-state index contributed by atoms with van der Waals surface area (Å²) >= 11 is 1.65. The van der Waals surface area contributed by atoms with Gasteiger partial charge in [0, 0.05) is 32.2 Å². The van der Waals surface area contributed by atoms with Crippen LogP contribution in [0.25, 0.3) is 0 Å². The molecule has 0 bridgehead atoms. The minimum Gasteiger partial charge on any atom is -0.391 e. The summed E-state index contributed by atoms with van der Waals surface area (Å²) < 4.78 is 5.47. The molecule has 1 aromatic rings. The number of thiophene rings is 1. The van der Waals surface area contributed by atoms with Gasteiger partial charge in [-0.2, -0.15) is 0 Å². The first-order chi connectivity index (χ1) is 13.2. The number of carbonyl (C=O) groups is 1. The Labute approximate surface area is 165 Å². The molecular weight excluding hydrogens is 360 g/mol. The Bertz CT molecular complexity index is 700. The first-order valence-corrected chi connectivity index (χ1v) is 11.5. The van der Waals surface area contributed by atoms with E-state index in [0.717, 1.165) is 70.0 Å². The van der Waals surface area contributed by atoms with Crippen molar-refractivity contribution in [3.63, 3.8) is 0 Å². The third kappa shape index (κ3) is 3.35. The number of aryl methyl sites for hydroxylation is 1. The van der Waals surface area contributed by atoms with Crippen molar-refractivity contribution in [3.8, 4) is 0 Å². The summed E-state index contributed by atoms with van der Waals surface area (Å²) in [5.74, 6) is 1.23. The topological polar surface area (TPSA) is 53.0 Å². The summed E-state index contributed by atoms with van der Waals surface area (Å²) in [6, 6.07) is 0.236. The van der Waals surface area contributed by atoms with Crippen molar-refractivity contribution in [2.45, 2.75) is 50.7 Å². The largest absolute Gasteiger partial charge is 0.391 e. The van der Waals surface area contributed by atoms with Gasteiger partial charge in [0.05, 0.1) is 24.2 Å². The Morgan fingerprint density at radius 2 is 1.85 bits per heavy atom. The Morgan fingerprint density at radius 1 is 1.11 bits per heavy atom. The fraction of sp³-hybridized carbons (Fsp3) is 0.762. The lowest BCUT2D eigenvalue weighted by molar-refractivity contribution is -0.0520. The van der Waals surface area contributed by atoms with Crippen LogP contribution >= 0.6 is 11.3 Å². The van der Waals surface area contributed by atoms with E-state index < -0.39 is 0 Å². The van der Waals surface area contributed by atoms with Gasteiger partial charge in [-0.1, -0.05) is 0 Å². The predicted molar refractivity (Wildman–Crippen MR) is 105 cm³/mol. The van der Waals surface area contributed by atoms with Crippen LogP contribution in [-0.4, -0.2) is 72.4 Å². The second-order valence-electron chi connectivity index (χ2n) is 8.76. The maximum atomic E-state index is 13.2. The fourth-order valence-corrected chi connectivity index (χ4v) is 6.84. The van der Waals surface area contributed by atoms with E-state index in [-0.39, 0.29) is 18.1 Å². The number of nitrogens with zero attached hydrogens (tertiary/aromatic N) is 2. The smallest absolute Gasteiger partial charge is 0.264 e. The Balaban J connectivity index is 1.28. The molecule has 6 heteroatoms. The number of likely N-dealkylation sites (tertiary alicyclic amines) is 1. The summed E-state index contributed by atoms with van der Waals surface area (Å²) in [7, 11) is 0. The lowest BCUT2D eigenvalue weighted by atomic mass is 9.77. The van der Waals surface area contributed by atoms with Crippen molar-refractivity contribution in [3.05, 3.63) is 21.4 Å². The van der Waals surface area contributed by atoms with Crippen LogP contribution in [0.3, 0.4) is 0 Å².